The van der Waals surface area contributed by atoms with Gasteiger partial charge >= 0.3 is 0 Å². The molecule has 2 aromatic carbocycles. The molecule has 0 bridgehead atoms. The Morgan fingerprint density at radius 1 is 1.14 bits per heavy atom. The third-order valence-electron chi connectivity index (χ3n) is 5.78. The number of para-hydroxylation sites is 1. The van der Waals surface area contributed by atoms with Crippen LogP contribution in [0.2, 0.25) is 0 Å². The number of furan rings is 1. The van der Waals surface area contributed by atoms with Gasteiger partial charge in [-0.05, 0) is 31.2 Å². The van der Waals surface area contributed by atoms with Crippen LogP contribution in [0.4, 0.5) is 0 Å². The highest BCUT2D eigenvalue weighted by Crippen LogP contribution is 2.39. The summed E-state index contributed by atoms with van der Waals surface area (Å²) < 4.78 is 23.3. The van der Waals surface area contributed by atoms with Crippen molar-refractivity contribution in [3.8, 4) is 11.5 Å². The Balaban J connectivity index is 0.00000115. The van der Waals surface area contributed by atoms with Crippen molar-refractivity contribution in [2.75, 3.05) is 34.0 Å². The molecule has 202 valence electrons. The smallest absolute Gasteiger partial charge is 0.294 e. The number of amides is 2. The Morgan fingerprint density at radius 2 is 1.84 bits per heavy atom. The van der Waals surface area contributed by atoms with Crippen LogP contribution in [0.1, 0.15) is 50.7 Å². The maximum Gasteiger partial charge on any atom is 0.294 e. The molecule has 0 saturated heterocycles. The van der Waals surface area contributed by atoms with Gasteiger partial charge in [0, 0.05) is 30.2 Å². The minimum atomic E-state index is -1.29. The van der Waals surface area contributed by atoms with Crippen molar-refractivity contribution in [1.29, 1.82) is 0 Å². The number of carbonyl (C=O) groups is 2. The number of carbonyl (C=O) groups excluding carboxylic acids is 2. The summed E-state index contributed by atoms with van der Waals surface area (Å²) in [6, 6.07) is 12.9. The monoisotopic (exact) mass is 576 g/mol. The zero-order valence-electron chi connectivity index (χ0n) is 22.6. The van der Waals surface area contributed by atoms with E-state index in [1.807, 2.05) is 64.1 Å². The average molecular weight is 578 g/mol. The van der Waals surface area contributed by atoms with E-state index >= 15 is 0 Å². The van der Waals surface area contributed by atoms with Crippen LogP contribution < -0.4 is 14.8 Å². The molecule has 1 N–H and O–H groups in total. The number of fused-ring (bicyclic) bond motifs is 3. The Kier molecular flexibility index (Phi) is 11.5. The van der Waals surface area contributed by atoms with E-state index in [2.05, 4.69) is 21.2 Å². The minimum absolute atomic E-state index is 0.0437. The lowest BCUT2D eigenvalue weighted by atomic mass is 9.99. The van der Waals surface area contributed by atoms with Crippen LogP contribution in [0, 0.1) is 0 Å². The molecule has 4 rings (SSSR count). The molecule has 8 nitrogen and oxygen atoms in total. The van der Waals surface area contributed by atoms with Crippen LogP contribution in [0.5, 0.6) is 11.5 Å². The molecule has 2 amide bonds. The number of methoxy groups -OCH3 is 2. The third-order valence-corrected chi connectivity index (χ3v) is 6.27. The summed E-state index contributed by atoms with van der Waals surface area (Å²) in [5, 5.41) is 3.60. The van der Waals surface area contributed by atoms with Gasteiger partial charge < -0.3 is 28.8 Å². The van der Waals surface area contributed by atoms with Gasteiger partial charge in [-0.25, -0.2) is 0 Å². The zero-order valence-corrected chi connectivity index (χ0v) is 24.2. The fraction of sp³-hybridized carbons (Fsp3) is 0.429. The quantitative estimate of drug-likeness (QED) is 0.381. The Bertz CT molecular complexity index is 1190. The first kappa shape index (κ1) is 30.2. The SMILES string of the molecule is CC.CC.COCCN1C(=O)c2oc3cc(Br)ccc3c2OCC1(C)C(=O)NCc1ccccc1OC. The first-order chi connectivity index (χ1) is 17.9. The maximum absolute atomic E-state index is 13.6. The van der Waals surface area contributed by atoms with Crippen molar-refractivity contribution in [3.63, 3.8) is 0 Å². The fourth-order valence-electron chi connectivity index (χ4n) is 3.90. The van der Waals surface area contributed by atoms with E-state index in [9.17, 15) is 9.59 Å². The molecule has 0 aliphatic carbocycles. The van der Waals surface area contributed by atoms with Crippen LogP contribution in [-0.4, -0.2) is 56.2 Å². The Labute approximate surface area is 227 Å². The molecule has 1 aliphatic heterocycles. The predicted octanol–water partition coefficient (Wildman–Crippen LogP) is 5.81. The summed E-state index contributed by atoms with van der Waals surface area (Å²) in [7, 11) is 3.12. The molecule has 1 aromatic heterocycles. The number of hydrogen-bond donors (Lipinski definition) is 1. The van der Waals surface area contributed by atoms with Crippen molar-refractivity contribution < 1.29 is 28.2 Å². The van der Waals surface area contributed by atoms with Gasteiger partial charge in [0.05, 0.1) is 19.1 Å². The maximum atomic E-state index is 13.6. The van der Waals surface area contributed by atoms with Crippen molar-refractivity contribution in [2.24, 2.45) is 0 Å². The highest BCUT2D eigenvalue weighted by atomic mass is 79.9. The molecule has 0 fully saturated rings. The minimum Gasteiger partial charge on any atom is -0.496 e. The van der Waals surface area contributed by atoms with E-state index in [1.165, 1.54) is 4.90 Å². The number of benzene rings is 2. The largest absolute Gasteiger partial charge is 0.496 e. The van der Waals surface area contributed by atoms with Gasteiger partial charge in [0.15, 0.2) is 11.3 Å². The molecule has 0 saturated carbocycles. The molecule has 1 atom stereocenters. The van der Waals surface area contributed by atoms with Crippen LogP contribution >= 0.6 is 15.9 Å². The van der Waals surface area contributed by atoms with Crippen LogP contribution in [0.3, 0.4) is 0 Å². The van der Waals surface area contributed by atoms with Crippen molar-refractivity contribution in [3.05, 3.63) is 58.3 Å². The lowest BCUT2D eigenvalue weighted by molar-refractivity contribution is -0.133. The summed E-state index contributed by atoms with van der Waals surface area (Å²) >= 11 is 3.41. The molecule has 1 aliphatic rings. The standard InChI is InChI=1S/C24H25BrN2O6.2C2H6/c1-24(23(29)26-13-15-6-4-5-7-18(15)31-3)14-32-20-17-9-8-16(25)12-19(17)33-21(20)22(28)27(24)10-11-30-2;2*1-2/h4-9,12H,10-11,13-14H2,1-3H3,(H,26,29);2*1-2H3. The normalized spacial score (nSPS) is 16.3. The van der Waals surface area contributed by atoms with Crippen LogP contribution in [0.15, 0.2) is 51.4 Å². The van der Waals surface area contributed by atoms with Crippen LogP contribution in [-0.2, 0) is 16.1 Å². The fourth-order valence-corrected chi connectivity index (χ4v) is 4.24. The van der Waals surface area contributed by atoms with Gasteiger partial charge in [0.2, 0.25) is 11.7 Å². The second-order valence-corrected chi connectivity index (χ2v) is 8.82. The van der Waals surface area contributed by atoms with Gasteiger partial charge in [0.1, 0.15) is 17.9 Å². The van der Waals surface area contributed by atoms with Crippen molar-refractivity contribution in [2.45, 2.75) is 46.7 Å². The highest BCUT2D eigenvalue weighted by molar-refractivity contribution is 9.10. The number of nitrogens with one attached hydrogen (secondary N) is 1. The van der Waals surface area contributed by atoms with E-state index in [4.69, 9.17) is 18.6 Å². The third kappa shape index (κ3) is 6.45. The summed E-state index contributed by atoms with van der Waals surface area (Å²) in [6.45, 7) is 10.3. The van der Waals surface area contributed by atoms with Gasteiger partial charge in [0.25, 0.3) is 5.91 Å². The van der Waals surface area contributed by atoms with Crippen molar-refractivity contribution >= 4 is 38.7 Å². The van der Waals surface area contributed by atoms with Crippen molar-refractivity contribution in [1.82, 2.24) is 10.2 Å². The van der Waals surface area contributed by atoms with E-state index in [1.54, 1.807) is 27.2 Å². The second-order valence-electron chi connectivity index (χ2n) is 7.91. The molecule has 0 radical (unpaired) electrons. The van der Waals surface area contributed by atoms with Gasteiger partial charge in [-0.2, -0.15) is 0 Å². The van der Waals surface area contributed by atoms with E-state index in [-0.39, 0.29) is 38.0 Å². The van der Waals surface area contributed by atoms with E-state index < -0.39 is 11.4 Å². The number of hydrogen-bond acceptors (Lipinski definition) is 6. The summed E-state index contributed by atoms with van der Waals surface area (Å²) in [5.74, 6) is 0.299. The predicted molar refractivity (Wildman–Crippen MR) is 148 cm³/mol. The summed E-state index contributed by atoms with van der Waals surface area (Å²) in [4.78, 5) is 28.5. The van der Waals surface area contributed by atoms with Gasteiger partial charge in [-0.1, -0.05) is 61.8 Å². The molecule has 9 heteroatoms. The molecule has 1 unspecified atom stereocenters. The first-order valence-corrected chi connectivity index (χ1v) is 13.2. The zero-order chi connectivity index (χ0) is 27.6. The first-order valence-electron chi connectivity index (χ1n) is 12.4. The molecular formula is C28H37BrN2O6. The molecule has 3 aromatic rings. The second kappa shape index (κ2) is 14.0. The number of ether oxygens (including phenoxy) is 3. The lowest BCUT2D eigenvalue weighted by Crippen LogP contribution is -2.61. The average Bonchev–Trinajstić information content (AvgIpc) is 3.25. The molecular weight excluding hydrogens is 540 g/mol. The number of nitrogens with zero attached hydrogens (tertiary/aromatic N) is 1. The molecule has 37 heavy (non-hydrogen) atoms. The highest BCUT2D eigenvalue weighted by Gasteiger charge is 2.47. The Morgan fingerprint density at radius 3 is 2.51 bits per heavy atom. The summed E-state index contributed by atoms with van der Waals surface area (Å²) in [5.41, 5.74) is 0.0595. The number of rotatable bonds is 7. The van der Waals surface area contributed by atoms with Gasteiger partial charge in [-0.3, -0.25) is 9.59 Å². The lowest BCUT2D eigenvalue weighted by Gasteiger charge is -2.37. The van der Waals surface area contributed by atoms with Gasteiger partial charge in [-0.15, -0.1) is 0 Å². The van der Waals surface area contributed by atoms with Crippen LogP contribution in [0.25, 0.3) is 11.0 Å². The van der Waals surface area contributed by atoms with E-state index in [0.29, 0.717) is 22.5 Å². The molecule has 0 spiro atoms. The summed E-state index contributed by atoms with van der Waals surface area (Å²) in [6.07, 6.45) is 0. The van der Waals surface area contributed by atoms with E-state index in [0.717, 1.165) is 10.0 Å². The topological polar surface area (TPSA) is 90.2 Å². The molecule has 2 heterocycles. The number of halogens is 1. The Hall–Kier alpha value is -3.04.